The third kappa shape index (κ3) is 24.9. The predicted molar refractivity (Wildman–Crippen MR) is 116 cm³/mol. The molecule has 0 aromatic heterocycles. The zero-order valence-corrected chi connectivity index (χ0v) is 18.8. The SMILES string of the molecule is CC(=O)OCCCCCCCCCCCCCCCCCCCCOC(C)=O. The van der Waals surface area contributed by atoms with E-state index in [-0.39, 0.29) is 11.9 Å². The summed E-state index contributed by atoms with van der Waals surface area (Å²) in [6, 6.07) is 0. The first-order chi connectivity index (χ1) is 13.6. The molecule has 0 aliphatic carbocycles. The molecule has 0 amide bonds. The first kappa shape index (κ1) is 26.9. The molecule has 0 radical (unpaired) electrons. The number of hydrogen-bond acceptors (Lipinski definition) is 4. The van der Waals surface area contributed by atoms with Crippen molar-refractivity contribution in [1.82, 2.24) is 0 Å². The topological polar surface area (TPSA) is 52.6 Å². The maximum atomic E-state index is 10.6. The predicted octanol–water partition coefficient (Wildman–Crippen LogP) is 7.13. The average Bonchev–Trinajstić information content (AvgIpc) is 2.65. The fraction of sp³-hybridized carbons (Fsp3) is 0.917. The maximum Gasteiger partial charge on any atom is 0.302 e. The van der Waals surface area contributed by atoms with Crippen LogP contribution in [0.5, 0.6) is 0 Å². The molecule has 4 heteroatoms. The van der Waals surface area contributed by atoms with Gasteiger partial charge in [0.15, 0.2) is 0 Å². The summed E-state index contributed by atoms with van der Waals surface area (Å²) in [5.74, 6) is -0.325. The van der Waals surface area contributed by atoms with Crippen LogP contribution in [0.1, 0.15) is 129 Å². The monoisotopic (exact) mass is 398 g/mol. The number of rotatable bonds is 21. The summed E-state index contributed by atoms with van der Waals surface area (Å²) in [6.45, 7) is 4.13. The summed E-state index contributed by atoms with van der Waals surface area (Å²) in [7, 11) is 0. The van der Waals surface area contributed by atoms with Crippen LogP contribution in [-0.2, 0) is 19.1 Å². The first-order valence-corrected chi connectivity index (χ1v) is 11.9. The van der Waals surface area contributed by atoms with Gasteiger partial charge in [-0.15, -0.1) is 0 Å². The quantitative estimate of drug-likeness (QED) is 0.152. The number of carbonyl (C=O) groups excluding carboxylic acids is 2. The molecule has 0 fully saturated rings. The normalized spacial score (nSPS) is 10.8. The molecule has 0 saturated heterocycles. The number of hydrogen-bond donors (Lipinski definition) is 0. The van der Waals surface area contributed by atoms with Crippen LogP contribution in [0.4, 0.5) is 0 Å². The van der Waals surface area contributed by atoms with E-state index in [0.29, 0.717) is 13.2 Å². The van der Waals surface area contributed by atoms with Gasteiger partial charge in [-0.2, -0.15) is 0 Å². The largest absolute Gasteiger partial charge is 0.466 e. The second kappa shape index (κ2) is 22.2. The fourth-order valence-electron chi connectivity index (χ4n) is 3.46. The van der Waals surface area contributed by atoms with E-state index in [1.807, 2.05) is 0 Å². The van der Waals surface area contributed by atoms with Crippen LogP contribution in [0.2, 0.25) is 0 Å². The van der Waals surface area contributed by atoms with Crippen molar-refractivity contribution < 1.29 is 19.1 Å². The Morgan fingerprint density at radius 1 is 0.393 bits per heavy atom. The van der Waals surface area contributed by atoms with Crippen LogP contribution in [0, 0.1) is 0 Å². The van der Waals surface area contributed by atoms with Gasteiger partial charge < -0.3 is 9.47 Å². The Morgan fingerprint density at radius 2 is 0.571 bits per heavy atom. The molecule has 0 atom stereocenters. The maximum absolute atomic E-state index is 10.6. The van der Waals surface area contributed by atoms with Gasteiger partial charge in [0.05, 0.1) is 13.2 Å². The minimum Gasteiger partial charge on any atom is -0.466 e. The lowest BCUT2D eigenvalue weighted by Crippen LogP contribution is -2.00. The van der Waals surface area contributed by atoms with Gasteiger partial charge in [0.25, 0.3) is 0 Å². The average molecular weight is 399 g/mol. The summed E-state index contributed by atoms with van der Waals surface area (Å²) >= 11 is 0. The van der Waals surface area contributed by atoms with Crippen LogP contribution in [0.25, 0.3) is 0 Å². The highest BCUT2D eigenvalue weighted by Gasteiger charge is 1.97. The summed E-state index contributed by atoms with van der Waals surface area (Å²) in [6.07, 6.45) is 23.4. The van der Waals surface area contributed by atoms with Crippen LogP contribution >= 0.6 is 0 Å². The Labute approximate surface area is 174 Å². The number of ether oxygens (including phenoxy) is 2. The number of unbranched alkanes of at least 4 members (excludes halogenated alkanes) is 17. The highest BCUT2D eigenvalue weighted by molar-refractivity contribution is 5.66. The molecule has 0 aliphatic heterocycles. The molecule has 28 heavy (non-hydrogen) atoms. The van der Waals surface area contributed by atoms with Gasteiger partial charge >= 0.3 is 11.9 Å². The highest BCUT2D eigenvalue weighted by atomic mass is 16.5. The van der Waals surface area contributed by atoms with Crippen molar-refractivity contribution in [2.75, 3.05) is 13.2 Å². The Kier molecular flexibility index (Phi) is 21.4. The Hall–Kier alpha value is -1.06. The van der Waals surface area contributed by atoms with Crippen molar-refractivity contribution in [1.29, 1.82) is 0 Å². The van der Waals surface area contributed by atoms with E-state index in [4.69, 9.17) is 9.47 Å². The van der Waals surface area contributed by atoms with Crippen molar-refractivity contribution >= 4 is 11.9 Å². The van der Waals surface area contributed by atoms with E-state index in [1.54, 1.807) is 0 Å². The number of esters is 2. The van der Waals surface area contributed by atoms with E-state index in [1.165, 1.54) is 117 Å². The molecule has 0 heterocycles. The minimum atomic E-state index is -0.162. The van der Waals surface area contributed by atoms with Crippen LogP contribution in [0.15, 0.2) is 0 Å². The third-order valence-corrected chi connectivity index (χ3v) is 5.15. The Morgan fingerprint density at radius 3 is 0.750 bits per heavy atom. The second-order valence-corrected chi connectivity index (χ2v) is 8.04. The Balaban J connectivity index is 3.01. The van der Waals surface area contributed by atoms with Crippen LogP contribution in [-0.4, -0.2) is 25.2 Å². The number of carbonyl (C=O) groups is 2. The molecule has 0 aromatic carbocycles. The van der Waals surface area contributed by atoms with Crippen molar-refractivity contribution in [3.63, 3.8) is 0 Å². The minimum absolute atomic E-state index is 0.162. The van der Waals surface area contributed by atoms with E-state index >= 15 is 0 Å². The standard InChI is InChI=1S/C24H46O4/c1-23(25)27-21-19-17-15-13-11-9-7-5-3-4-6-8-10-12-14-16-18-20-22-28-24(2)26/h3-22H2,1-2H3. The van der Waals surface area contributed by atoms with Crippen LogP contribution < -0.4 is 0 Å². The summed E-state index contributed by atoms with van der Waals surface area (Å²) in [5, 5.41) is 0. The van der Waals surface area contributed by atoms with Gasteiger partial charge in [-0.3, -0.25) is 9.59 Å². The molecular weight excluding hydrogens is 352 g/mol. The molecular formula is C24H46O4. The van der Waals surface area contributed by atoms with Crippen molar-refractivity contribution in [3.05, 3.63) is 0 Å². The highest BCUT2D eigenvalue weighted by Crippen LogP contribution is 2.14. The molecule has 0 bridgehead atoms. The van der Waals surface area contributed by atoms with E-state index in [2.05, 4.69) is 0 Å². The van der Waals surface area contributed by atoms with Gasteiger partial charge in [-0.1, -0.05) is 103 Å². The first-order valence-electron chi connectivity index (χ1n) is 11.9. The van der Waals surface area contributed by atoms with E-state index < -0.39 is 0 Å². The van der Waals surface area contributed by atoms with Crippen molar-refractivity contribution in [3.8, 4) is 0 Å². The smallest absolute Gasteiger partial charge is 0.302 e. The lowest BCUT2D eigenvalue weighted by Gasteiger charge is -2.04. The van der Waals surface area contributed by atoms with E-state index in [0.717, 1.165) is 12.8 Å². The third-order valence-electron chi connectivity index (χ3n) is 5.15. The molecule has 4 nitrogen and oxygen atoms in total. The molecule has 0 rings (SSSR count). The van der Waals surface area contributed by atoms with Crippen molar-refractivity contribution in [2.24, 2.45) is 0 Å². The zero-order chi connectivity index (χ0) is 20.7. The van der Waals surface area contributed by atoms with Crippen molar-refractivity contribution in [2.45, 2.75) is 129 Å². The van der Waals surface area contributed by atoms with E-state index in [9.17, 15) is 9.59 Å². The lowest BCUT2D eigenvalue weighted by molar-refractivity contribution is -0.142. The van der Waals surface area contributed by atoms with Gasteiger partial charge in [0.1, 0.15) is 0 Å². The molecule has 0 aliphatic rings. The molecule has 0 N–H and O–H groups in total. The Bertz CT molecular complexity index is 321. The second-order valence-electron chi connectivity index (χ2n) is 8.04. The van der Waals surface area contributed by atoms with Gasteiger partial charge in [-0.05, 0) is 12.8 Å². The molecule has 0 saturated carbocycles. The fourth-order valence-corrected chi connectivity index (χ4v) is 3.46. The molecule has 0 spiro atoms. The zero-order valence-electron chi connectivity index (χ0n) is 18.8. The summed E-state index contributed by atoms with van der Waals surface area (Å²) in [5.41, 5.74) is 0. The van der Waals surface area contributed by atoms with Gasteiger partial charge in [0.2, 0.25) is 0 Å². The lowest BCUT2D eigenvalue weighted by atomic mass is 10.0. The molecule has 0 unspecified atom stereocenters. The van der Waals surface area contributed by atoms with Gasteiger partial charge in [0, 0.05) is 13.8 Å². The molecule has 166 valence electrons. The summed E-state index contributed by atoms with van der Waals surface area (Å²) < 4.78 is 9.87. The molecule has 0 aromatic rings. The van der Waals surface area contributed by atoms with Gasteiger partial charge in [-0.25, -0.2) is 0 Å². The van der Waals surface area contributed by atoms with Crippen LogP contribution in [0.3, 0.4) is 0 Å². The summed E-state index contributed by atoms with van der Waals surface area (Å²) in [4.78, 5) is 21.3.